The minimum absolute atomic E-state index is 0. The van der Waals surface area contributed by atoms with Crippen molar-refractivity contribution >= 4 is 29.9 Å². The van der Waals surface area contributed by atoms with Gasteiger partial charge in [-0.1, -0.05) is 60.7 Å². The maximum absolute atomic E-state index is 10.2. The van der Waals surface area contributed by atoms with Crippen molar-refractivity contribution in [2.75, 3.05) is 26.2 Å². The number of guanidine groups is 1. The van der Waals surface area contributed by atoms with E-state index < -0.39 is 6.10 Å². The molecule has 6 heteroatoms. The van der Waals surface area contributed by atoms with Crippen LogP contribution in [0.4, 0.5) is 0 Å². The van der Waals surface area contributed by atoms with E-state index in [9.17, 15) is 5.11 Å². The first-order chi connectivity index (χ1) is 12.8. The molecule has 2 aromatic rings. The number of ether oxygens (including phenoxy) is 1. The monoisotopic (exact) mass is 483 g/mol. The smallest absolute Gasteiger partial charge is 0.191 e. The first-order valence-corrected chi connectivity index (χ1v) is 9.13. The van der Waals surface area contributed by atoms with Gasteiger partial charge in [0.15, 0.2) is 5.96 Å². The van der Waals surface area contributed by atoms with Crippen LogP contribution in [0.25, 0.3) is 0 Å². The van der Waals surface area contributed by atoms with Crippen LogP contribution < -0.4 is 10.6 Å². The summed E-state index contributed by atoms with van der Waals surface area (Å²) in [7, 11) is 0. The van der Waals surface area contributed by atoms with Crippen molar-refractivity contribution in [2.45, 2.75) is 26.1 Å². The van der Waals surface area contributed by atoms with E-state index in [1.807, 2.05) is 67.6 Å². The number of hydrogen-bond acceptors (Lipinski definition) is 3. The number of aliphatic imine (C=N–C) groups is 1. The van der Waals surface area contributed by atoms with Crippen LogP contribution in [0.15, 0.2) is 65.7 Å². The van der Waals surface area contributed by atoms with Gasteiger partial charge in [0.05, 0.1) is 25.9 Å². The number of benzene rings is 2. The summed E-state index contributed by atoms with van der Waals surface area (Å²) in [6, 6.07) is 20.1. The van der Waals surface area contributed by atoms with E-state index >= 15 is 0 Å². The molecule has 1 unspecified atom stereocenters. The van der Waals surface area contributed by atoms with Gasteiger partial charge in [-0.3, -0.25) is 4.99 Å². The average Bonchev–Trinajstić information content (AvgIpc) is 2.67. The molecule has 0 heterocycles. The Morgan fingerprint density at radius 2 is 1.63 bits per heavy atom. The molecule has 1 atom stereocenters. The summed E-state index contributed by atoms with van der Waals surface area (Å²) in [6.07, 6.45) is 0.103. The summed E-state index contributed by atoms with van der Waals surface area (Å²) in [5, 5.41) is 16.6. The highest BCUT2D eigenvalue weighted by molar-refractivity contribution is 14.0. The fraction of sp³-hybridized carbons (Fsp3) is 0.381. The van der Waals surface area contributed by atoms with Gasteiger partial charge in [-0.2, -0.15) is 0 Å². The van der Waals surface area contributed by atoms with Crippen LogP contribution in [0, 0.1) is 0 Å². The molecule has 0 aromatic heterocycles. The Kier molecular flexibility index (Phi) is 12.5. The zero-order valence-corrected chi connectivity index (χ0v) is 18.1. The second-order valence-corrected chi connectivity index (χ2v) is 6.03. The van der Waals surface area contributed by atoms with E-state index in [1.54, 1.807) is 0 Å². The lowest BCUT2D eigenvalue weighted by Crippen LogP contribution is -2.39. The van der Waals surface area contributed by atoms with Gasteiger partial charge < -0.3 is 20.5 Å². The standard InChI is InChI=1S/C21H29N3O2.HI/c1-2-22-21(23-13-14-26-17-19-11-7-4-8-12-19)24-16-20(25)15-18-9-5-3-6-10-18;/h3-12,20,25H,2,13-17H2,1H3,(H2,22,23,24);1H. The van der Waals surface area contributed by atoms with Gasteiger partial charge in [0.25, 0.3) is 0 Å². The lowest BCUT2D eigenvalue weighted by Gasteiger charge is -2.13. The number of aliphatic hydroxyl groups excluding tert-OH is 1. The zero-order valence-electron chi connectivity index (χ0n) is 15.8. The second-order valence-electron chi connectivity index (χ2n) is 6.03. The van der Waals surface area contributed by atoms with Crippen LogP contribution in [0.1, 0.15) is 18.1 Å². The van der Waals surface area contributed by atoms with Crippen molar-refractivity contribution < 1.29 is 9.84 Å². The Hall–Kier alpha value is -1.64. The molecule has 0 fully saturated rings. The van der Waals surface area contributed by atoms with Crippen LogP contribution in [0.2, 0.25) is 0 Å². The fourth-order valence-electron chi connectivity index (χ4n) is 2.49. The molecule has 3 N–H and O–H groups in total. The molecular formula is C21H30IN3O2. The minimum Gasteiger partial charge on any atom is -0.391 e. The van der Waals surface area contributed by atoms with E-state index in [0.29, 0.717) is 38.7 Å². The molecule has 5 nitrogen and oxygen atoms in total. The zero-order chi connectivity index (χ0) is 18.5. The predicted octanol–water partition coefficient (Wildman–Crippen LogP) is 2.98. The van der Waals surface area contributed by atoms with Crippen LogP contribution in [-0.4, -0.2) is 43.4 Å². The Morgan fingerprint density at radius 1 is 1.00 bits per heavy atom. The van der Waals surface area contributed by atoms with Gasteiger partial charge >= 0.3 is 0 Å². The maximum Gasteiger partial charge on any atom is 0.191 e. The number of hydrogen-bond donors (Lipinski definition) is 3. The highest BCUT2D eigenvalue weighted by atomic mass is 127. The van der Waals surface area contributed by atoms with Gasteiger partial charge in [-0.25, -0.2) is 0 Å². The van der Waals surface area contributed by atoms with Crippen LogP contribution in [-0.2, 0) is 17.8 Å². The third kappa shape index (κ3) is 10.3. The number of rotatable bonds is 10. The van der Waals surface area contributed by atoms with Gasteiger partial charge in [-0.05, 0) is 18.1 Å². The number of nitrogens with zero attached hydrogens (tertiary/aromatic N) is 1. The summed E-state index contributed by atoms with van der Waals surface area (Å²) in [6.45, 7) is 5.00. The van der Waals surface area contributed by atoms with Crippen LogP contribution in [0.5, 0.6) is 0 Å². The van der Waals surface area contributed by atoms with E-state index in [1.165, 1.54) is 0 Å². The molecule has 0 aliphatic rings. The summed E-state index contributed by atoms with van der Waals surface area (Å²) in [5.41, 5.74) is 2.28. The van der Waals surface area contributed by atoms with Crippen molar-refractivity contribution in [3.8, 4) is 0 Å². The molecule has 0 aliphatic carbocycles. The first kappa shape index (κ1) is 23.4. The predicted molar refractivity (Wildman–Crippen MR) is 122 cm³/mol. The van der Waals surface area contributed by atoms with Crippen molar-refractivity contribution in [1.82, 2.24) is 10.6 Å². The van der Waals surface area contributed by atoms with Gasteiger partial charge in [0.1, 0.15) is 0 Å². The molecule has 0 spiro atoms. The first-order valence-electron chi connectivity index (χ1n) is 9.13. The number of aliphatic hydroxyl groups is 1. The molecule has 0 aliphatic heterocycles. The van der Waals surface area contributed by atoms with Gasteiger partial charge in [0, 0.05) is 19.5 Å². The Bertz CT molecular complexity index is 638. The third-order valence-electron chi connectivity index (χ3n) is 3.77. The summed E-state index contributed by atoms with van der Waals surface area (Å²) in [4.78, 5) is 4.45. The topological polar surface area (TPSA) is 65.9 Å². The second kappa shape index (κ2) is 14.4. The molecule has 0 saturated heterocycles. The number of halogens is 1. The van der Waals surface area contributed by atoms with E-state index in [2.05, 4.69) is 15.6 Å². The molecular weight excluding hydrogens is 453 g/mol. The lowest BCUT2D eigenvalue weighted by molar-refractivity contribution is 0.125. The molecule has 148 valence electrons. The molecule has 2 rings (SSSR count). The van der Waals surface area contributed by atoms with Gasteiger partial charge in [0.2, 0.25) is 0 Å². The van der Waals surface area contributed by atoms with E-state index in [4.69, 9.17) is 4.74 Å². The van der Waals surface area contributed by atoms with Crippen molar-refractivity contribution in [1.29, 1.82) is 0 Å². The SMILES string of the molecule is CCNC(=NCC(O)Cc1ccccc1)NCCOCc1ccccc1.I. The maximum atomic E-state index is 10.2. The van der Waals surface area contributed by atoms with Crippen molar-refractivity contribution in [3.63, 3.8) is 0 Å². The average molecular weight is 483 g/mol. The lowest BCUT2D eigenvalue weighted by atomic mass is 10.1. The van der Waals surface area contributed by atoms with Crippen molar-refractivity contribution in [2.24, 2.45) is 4.99 Å². The fourth-order valence-corrected chi connectivity index (χ4v) is 2.49. The third-order valence-corrected chi connectivity index (χ3v) is 3.77. The van der Waals surface area contributed by atoms with E-state index in [-0.39, 0.29) is 24.0 Å². The van der Waals surface area contributed by atoms with Gasteiger partial charge in [-0.15, -0.1) is 24.0 Å². The Balaban J connectivity index is 0.00000364. The molecule has 27 heavy (non-hydrogen) atoms. The normalized spacial score (nSPS) is 12.1. The summed E-state index contributed by atoms with van der Waals surface area (Å²) in [5.74, 6) is 0.697. The van der Waals surface area contributed by atoms with E-state index in [0.717, 1.165) is 17.7 Å². The number of nitrogens with one attached hydrogen (secondary N) is 2. The van der Waals surface area contributed by atoms with Crippen LogP contribution in [0.3, 0.4) is 0 Å². The molecule has 0 radical (unpaired) electrons. The Morgan fingerprint density at radius 3 is 2.26 bits per heavy atom. The summed E-state index contributed by atoms with van der Waals surface area (Å²) < 4.78 is 5.66. The minimum atomic E-state index is -0.498. The molecule has 2 aromatic carbocycles. The summed E-state index contributed by atoms with van der Waals surface area (Å²) >= 11 is 0. The highest BCUT2D eigenvalue weighted by Crippen LogP contribution is 2.03. The molecule has 0 saturated carbocycles. The largest absolute Gasteiger partial charge is 0.391 e. The molecule has 0 bridgehead atoms. The molecule has 0 amide bonds. The highest BCUT2D eigenvalue weighted by Gasteiger charge is 2.05. The van der Waals surface area contributed by atoms with Crippen LogP contribution >= 0.6 is 24.0 Å². The van der Waals surface area contributed by atoms with Crippen molar-refractivity contribution in [3.05, 3.63) is 71.8 Å². The Labute approximate surface area is 179 Å². The quantitative estimate of drug-likeness (QED) is 0.211.